The average Bonchev–Trinajstić information content (AvgIpc) is 2.32. The molecule has 0 amide bonds. The van der Waals surface area contributed by atoms with Crippen LogP contribution >= 0.6 is 0 Å². The number of aryl methyl sites for hydroxylation is 1. The Bertz CT molecular complexity index is 600. The van der Waals surface area contributed by atoms with Crippen LogP contribution in [0.15, 0.2) is 36.4 Å². The minimum Gasteiger partial charge on any atom is -0.289 e. The lowest BCUT2D eigenvalue weighted by Gasteiger charge is -2.09. The molecule has 0 saturated heterocycles. The van der Waals surface area contributed by atoms with Gasteiger partial charge in [0.25, 0.3) is 0 Å². The minimum atomic E-state index is -4.77. The fraction of sp³-hybridized carbons (Fsp3) is 0.214. The van der Waals surface area contributed by atoms with Crippen LogP contribution in [0.25, 0.3) is 10.8 Å². The van der Waals surface area contributed by atoms with Crippen LogP contribution < -0.4 is 0 Å². The quantitative estimate of drug-likeness (QED) is 0.794. The summed E-state index contributed by atoms with van der Waals surface area (Å²) in [5.74, 6) is -1.71. The smallest absolute Gasteiger partial charge is 0.289 e. The zero-order chi connectivity index (χ0) is 13.3. The lowest BCUT2D eigenvalue weighted by Crippen LogP contribution is -2.24. The second-order valence-corrected chi connectivity index (χ2v) is 4.18. The molecule has 2 rings (SSSR count). The van der Waals surface area contributed by atoms with Crippen molar-refractivity contribution in [3.05, 3.63) is 47.5 Å². The summed E-state index contributed by atoms with van der Waals surface area (Å²) in [4.78, 5) is 11.0. The molecule has 2 aromatic rings. The number of hydrogen-bond donors (Lipinski definition) is 0. The standard InChI is InChI=1S/C14H11F3O/c1-9-6-7-10(8-13(18)14(15,16)17)12-5-3-2-4-11(9)12/h2-7H,8H2,1H3. The zero-order valence-corrected chi connectivity index (χ0v) is 9.71. The molecule has 18 heavy (non-hydrogen) atoms. The van der Waals surface area contributed by atoms with Crippen molar-refractivity contribution in [1.82, 2.24) is 0 Å². The molecule has 0 saturated carbocycles. The van der Waals surface area contributed by atoms with Crippen LogP contribution in [0.4, 0.5) is 13.2 Å². The molecule has 0 heterocycles. The molecular formula is C14H11F3O. The van der Waals surface area contributed by atoms with Crippen molar-refractivity contribution in [2.45, 2.75) is 19.5 Å². The Kier molecular flexibility index (Phi) is 3.11. The lowest BCUT2D eigenvalue weighted by atomic mass is 9.97. The van der Waals surface area contributed by atoms with Crippen LogP contribution in [0, 0.1) is 6.92 Å². The van der Waals surface area contributed by atoms with Crippen molar-refractivity contribution in [3.63, 3.8) is 0 Å². The molecule has 0 unspecified atom stereocenters. The van der Waals surface area contributed by atoms with E-state index >= 15 is 0 Å². The lowest BCUT2D eigenvalue weighted by molar-refractivity contribution is -0.170. The Balaban J connectivity index is 2.47. The molecule has 0 radical (unpaired) electrons. The summed E-state index contributed by atoms with van der Waals surface area (Å²) in [6, 6.07) is 10.5. The molecule has 0 bridgehead atoms. The molecular weight excluding hydrogens is 241 g/mol. The van der Waals surface area contributed by atoms with E-state index in [0.29, 0.717) is 10.9 Å². The predicted molar refractivity (Wildman–Crippen MR) is 63.5 cm³/mol. The van der Waals surface area contributed by atoms with Crippen molar-refractivity contribution in [2.75, 3.05) is 0 Å². The molecule has 0 aliphatic heterocycles. The van der Waals surface area contributed by atoms with Crippen molar-refractivity contribution in [3.8, 4) is 0 Å². The highest BCUT2D eigenvalue weighted by Crippen LogP contribution is 2.25. The van der Waals surface area contributed by atoms with Gasteiger partial charge in [0, 0.05) is 6.42 Å². The van der Waals surface area contributed by atoms with Gasteiger partial charge in [-0.3, -0.25) is 4.79 Å². The summed E-state index contributed by atoms with van der Waals surface area (Å²) < 4.78 is 36.8. The first-order chi connectivity index (χ1) is 8.39. The van der Waals surface area contributed by atoms with Gasteiger partial charge in [0.2, 0.25) is 5.78 Å². The van der Waals surface area contributed by atoms with E-state index in [0.717, 1.165) is 10.9 Å². The van der Waals surface area contributed by atoms with Crippen LogP contribution in [0.2, 0.25) is 0 Å². The van der Waals surface area contributed by atoms with E-state index in [9.17, 15) is 18.0 Å². The van der Waals surface area contributed by atoms with Gasteiger partial charge < -0.3 is 0 Å². The number of carbonyl (C=O) groups is 1. The summed E-state index contributed by atoms with van der Waals surface area (Å²) in [7, 11) is 0. The van der Waals surface area contributed by atoms with E-state index in [1.54, 1.807) is 24.3 Å². The van der Waals surface area contributed by atoms with Crippen LogP contribution in [-0.2, 0) is 11.2 Å². The van der Waals surface area contributed by atoms with Crippen LogP contribution in [0.3, 0.4) is 0 Å². The molecule has 1 nitrogen and oxygen atoms in total. The Morgan fingerprint density at radius 1 is 1.06 bits per heavy atom. The van der Waals surface area contributed by atoms with Gasteiger partial charge in [0.1, 0.15) is 0 Å². The third kappa shape index (κ3) is 2.37. The number of Topliss-reactive ketones (excluding diaryl/α,β-unsaturated/α-hetero) is 1. The molecule has 4 heteroatoms. The number of carbonyl (C=O) groups excluding carboxylic acids is 1. The Labute approximate surface area is 102 Å². The number of halogens is 3. The minimum absolute atomic E-state index is 0.415. The molecule has 0 N–H and O–H groups in total. The van der Waals surface area contributed by atoms with Crippen LogP contribution in [0.1, 0.15) is 11.1 Å². The van der Waals surface area contributed by atoms with E-state index < -0.39 is 18.4 Å². The SMILES string of the molecule is Cc1ccc(CC(=O)C(F)(F)F)c2ccccc12. The zero-order valence-electron chi connectivity index (χ0n) is 9.71. The van der Waals surface area contributed by atoms with Gasteiger partial charge in [-0.2, -0.15) is 13.2 Å². The fourth-order valence-electron chi connectivity index (χ4n) is 1.94. The molecule has 94 valence electrons. The topological polar surface area (TPSA) is 17.1 Å². The van der Waals surface area contributed by atoms with Crippen molar-refractivity contribution in [2.24, 2.45) is 0 Å². The van der Waals surface area contributed by atoms with Crippen molar-refractivity contribution >= 4 is 16.6 Å². The van der Waals surface area contributed by atoms with E-state index in [-0.39, 0.29) is 0 Å². The summed E-state index contributed by atoms with van der Waals surface area (Å²) >= 11 is 0. The van der Waals surface area contributed by atoms with E-state index in [4.69, 9.17) is 0 Å². The summed E-state index contributed by atoms with van der Waals surface area (Å²) in [5, 5.41) is 1.58. The van der Waals surface area contributed by atoms with Gasteiger partial charge in [0.05, 0.1) is 0 Å². The Morgan fingerprint density at radius 2 is 1.67 bits per heavy atom. The molecule has 0 aliphatic carbocycles. The van der Waals surface area contributed by atoms with Crippen molar-refractivity contribution < 1.29 is 18.0 Å². The maximum atomic E-state index is 12.3. The highest BCUT2D eigenvalue weighted by atomic mass is 19.4. The van der Waals surface area contributed by atoms with Gasteiger partial charge in [-0.15, -0.1) is 0 Å². The normalized spacial score (nSPS) is 11.8. The number of hydrogen-bond acceptors (Lipinski definition) is 1. The van der Waals surface area contributed by atoms with E-state index in [2.05, 4.69) is 0 Å². The highest BCUT2D eigenvalue weighted by Gasteiger charge is 2.37. The van der Waals surface area contributed by atoms with Gasteiger partial charge in [-0.25, -0.2) is 0 Å². The molecule has 0 atom stereocenters. The summed E-state index contributed by atoms with van der Waals surface area (Å²) in [6.45, 7) is 1.89. The summed E-state index contributed by atoms with van der Waals surface area (Å²) in [5.41, 5.74) is 1.40. The van der Waals surface area contributed by atoms with Crippen LogP contribution in [-0.4, -0.2) is 12.0 Å². The molecule has 0 aliphatic rings. The number of ketones is 1. The van der Waals surface area contributed by atoms with Crippen molar-refractivity contribution in [1.29, 1.82) is 0 Å². The maximum absolute atomic E-state index is 12.3. The molecule has 0 spiro atoms. The molecule has 2 aromatic carbocycles. The van der Waals surface area contributed by atoms with Gasteiger partial charge in [0.15, 0.2) is 0 Å². The molecule has 0 aromatic heterocycles. The second-order valence-electron chi connectivity index (χ2n) is 4.18. The van der Waals surface area contributed by atoms with Gasteiger partial charge in [-0.1, -0.05) is 36.4 Å². The largest absolute Gasteiger partial charge is 0.450 e. The number of fused-ring (bicyclic) bond motifs is 1. The van der Waals surface area contributed by atoms with Gasteiger partial charge in [-0.05, 0) is 28.8 Å². The fourth-order valence-corrected chi connectivity index (χ4v) is 1.94. The monoisotopic (exact) mass is 252 g/mol. The first kappa shape index (κ1) is 12.6. The number of benzene rings is 2. The molecule has 0 fully saturated rings. The highest BCUT2D eigenvalue weighted by molar-refractivity contribution is 5.94. The second kappa shape index (κ2) is 4.44. The Hall–Kier alpha value is -1.84. The Morgan fingerprint density at radius 3 is 2.28 bits per heavy atom. The first-order valence-corrected chi connectivity index (χ1v) is 5.47. The third-order valence-corrected chi connectivity index (χ3v) is 2.90. The van der Waals surface area contributed by atoms with E-state index in [1.165, 1.54) is 0 Å². The number of alkyl halides is 3. The third-order valence-electron chi connectivity index (χ3n) is 2.90. The van der Waals surface area contributed by atoms with Crippen LogP contribution in [0.5, 0.6) is 0 Å². The van der Waals surface area contributed by atoms with Gasteiger partial charge >= 0.3 is 6.18 Å². The maximum Gasteiger partial charge on any atom is 0.450 e. The average molecular weight is 252 g/mol. The van der Waals surface area contributed by atoms with E-state index in [1.807, 2.05) is 19.1 Å². The first-order valence-electron chi connectivity index (χ1n) is 5.47. The predicted octanol–water partition coefficient (Wildman–Crippen LogP) is 3.82. The number of rotatable bonds is 2. The summed E-state index contributed by atoms with van der Waals surface area (Å²) in [6.07, 6.45) is -5.38.